The molecule has 0 amide bonds. The molecule has 0 bridgehead atoms. The summed E-state index contributed by atoms with van der Waals surface area (Å²) in [6, 6.07) is 0. The van der Waals surface area contributed by atoms with Gasteiger partial charge in [-0.3, -0.25) is 4.68 Å². The number of aryl methyl sites for hydroxylation is 1. The predicted octanol–water partition coefficient (Wildman–Crippen LogP) is 1.69. The van der Waals surface area contributed by atoms with Gasteiger partial charge < -0.3 is 0 Å². The molecule has 0 aliphatic heterocycles. The van der Waals surface area contributed by atoms with Crippen molar-refractivity contribution < 1.29 is 4.21 Å². The van der Waals surface area contributed by atoms with E-state index in [-0.39, 0.29) is 4.75 Å². The summed E-state index contributed by atoms with van der Waals surface area (Å²) < 4.78 is 17.3. The zero-order valence-corrected chi connectivity index (χ0v) is 10.6. The molecule has 1 rings (SSSR count). The largest absolute Gasteiger partial charge is 0.275 e. The third-order valence-electron chi connectivity index (χ3n) is 1.87. The summed E-state index contributed by atoms with van der Waals surface area (Å²) in [6.45, 7) is 7.57. The highest BCUT2D eigenvalue weighted by molar-refractivity contribution is 7.85. The number of aromatic nitrogens is 2. The molecule has 15 heavy (non-hydrogen) atoms. The molecule has 1 aromatic rings. The fourth-order valence-electron chi connectivity index (χ4n) is 0.922. The number of nitrogens with zero attached hydrogens (tertiary/aromatic N) is 3. The molecule has 1 heterocycles. The van der Waals surface area contributed by atoms with Gasteiger partial charge in [0, 0.05) is 18.8 Å². The van der Waals surface area contributed by atoms with Crippen molar-refractivity contribution in [2.24, 2.45) is 11.4 Å². The third-order valence-corrected chi connectivity index (χ3v) is 3.35. The Labute approximate surface area is 93.0 Å². The Morgan fingerprint density at radius 2 is 2.13 bits per heavy atom. The fourth-order valence-corrected chi connectivity index (χ4v) is 1.55. The van der Waals surface area contributed by atoms with Gasteiger partial charge in [-0.15, -0.1) is 0 Å². The Balaban J connectivity index is 2.90. The van der Waals surface area contributed by atoms with Crippen LogP contribution in [-0.2, 0) is 18.0 Å². The van der Waals surface area contributed by atoms with Crippen LogP contribution in [0.5, 0.6) is 0 Å². The molecule has 84 valence electrons. The van der Waals surface area contributed by atoms with E-state index < -0.39 is 11.0 Å². The molecule has 0 unspecified atom stereocenters. The summed E-state index contributed by atoms with van der Waals surface area (Å²) in [5.74, 6) is 0. The van der Waals surface area contributed by atoms with Crippen molar-refractivity contribution in [2.45, 2.75) is 32.4 Å². The first-order valence-electron chi connectivity index (χ1n) is 4.77. The minimum Gasteiger partial charge on any atom is -0.275 e. The normalized spacial score (nSPS) is 15.4. The molecule has 0 radical (unpaired) electrons. The SMILES string of the molecule is CC(=N[S@](=O)C(C)(C)C)c1cnn(C)c1. The highest BCUT2D eigenvalue weighted by atomic mass is 32.2. The summed E-state index contributed by atoms with van der Waals surface area (Å²) in [5.41, 5.74) is 1.67. The van der Waals surface area contributed by atoms with Crippen LogP contribution in [0.1, 0.15) is 33.3 Å². The maximum atomic E-state index is 11.8. The summed E-state index contributed by atoms with van der Waals surface area (Å²) in [7, 11) is 0.637. The Morgan fingerprint density at radius 3 is 2.53 bits per heavy atom. The van der Waals surface area contributed by atoms with Crippen molar-refractivity contribution in [1.29, 1.82) is 0 Å². The van der Waals surface area contributed by atoms with Gasteiger partial charge in [-0.1, -0.05) is 0 Å². The topological polar surface area (TPSA) is 47.2 Å². The van der Waals surface area contributed by atoms with E-state index in [9.17, 15) is 4.21 Å². The molecule has 0 aliphatic rings. The van der Waals surface area contributed by atoms with E-state index in [0.29, 0.717) is 0 Å². The second kappa shape index (κ2) is 4.26. The van der Waals surface area contributed by atoms with Gasteiger partial charge in [0.25, 0.3) is 0 Å². The van der Waals surface area contributed by atoms with Crippen molar-refractivity contribution in [1.82, 2.24) is 9.78 Å². The van der Waals surface area contributed by atoms with Gasteiger partial charge >= 0.3 is 0 Å². The molecule has 0 saturated heterocycles. The molecule has 1 atom stereocenters. The molecule has 4 nitrogen and oxygen atoms in total. The maximum Gasteiger partial charge on any atom is 0.145 e. The standard InChI is InChI=1S/C10H17N3OS/c1-8(9-6-11-13(5)7-9)12-15(14)10(2,3)4/h6-7H,1-5H3/t15-/m1/s1. The van der Waals surface area contributed by atoms with E-state index in [1.807, 2.05) is 40.9 Å². The van der Waals surface area contributed by atoms with E-state index in [1.165, 1.54) is 0 Å². The summed E-state index contributed by atoms with van der Waals surface area (Å²) in [5, 5.41) is 4.04. The van der Waals surface area contributed by atoms with E-state index in [0.717, 1.165) is 11.3 Å². The van der Waals surface area contributed by atoms with Gasteiger partial charge in [0.2, 0.25) is 0 Å². The second-order valence-electron chi connectivity index (χ2n) is 4.44. The monoisotopic (exact) mass is 227 g/mol. The molecular formula is C10H17N3OS. The van der Waals surface area contributed by atoms with Crippen LogP contribution in [0.25, 0.3) is 0 Å². The smallest absolute Gasteiger partial charge is 0.145 e. The molecule has 0 saturated carbocycles. The first-order valence-corrected chi connectivity index (χ1v) is 5.87. The second-order valence-corrected chi connectivity index (χ2v) is 6.35. The highest BCUT2D eigenvalue weighted by Crippen LogP contribution is 2.13. The minimum absolute atomic E-state index is 0.316. The molecule has 0 aromatic carbocycles. The molecule has 0 spiro atoms. The Kier molecular flexibility index (Phi) is 3.44. The van der Waals surface area contributed by atoms with Crippen LogP contribution in [0.2, 0.25) is 0 Å². The van der Waals surface area contributed by atoms with Crippen molar-refractivity contribution in [3.8, 4) is 0 Å². The van der Waals surface area contributed by atoms with Gasteiger partial charge in [0.1, 0.15) is 11.0 Å². The Morgan fingerprint density at radius 1 is 1.53 bits per heavy atom. The summed E-state index contributed by atoms with van der Waals surface area (Å²) >= 11 is 0. The quantitative estimate of drug-likeness (QED) is 0.722. The van der Waals surface area contributed by atoms with E-state index in [1.54, 1.807) is 10.9 Å². The number of hydrogen-bond donors (Lipinski definition) is 0. The van der Waals surface area contributed by atoms with Crippen molar-refractivity contribution >= 4 is 16.7 Å². The first-order chi connectivity index (χ1) is 6.80. The van der Waals surface area contributed by atoms with Crippen molar-refractivity contribution in [3.63, 3.8) is 0 Å². The molecule has 0 aliphatic carbocycles. The minimum atomic E-state index is -1.21. The van der Waals surface area contributed by atoms with Gasteiger partial charge in [0.15, 0.2) is 0 Å². The molecule has 5 heteroatoms. The lowest BCUT2D eigenvalue weighted by Gasteiger charge is -2.13. The zero-order valence-electron chi connectivity index (χ0n) is 9.81. The van der Waals surface area contributed by atoms with Crippen LogP contribution in [0.15, 0.2) is 16.8 Å². The van der Waals surface area contributed by atoms with Gasteiger partial charge in [-0.25, -0.2) is 4.21 Å². The molecule has 0 N–H and O–H groups in total. The van der Waals surface area contributed by atoms with Gasteiger partial charge in [-0.05, 0) is 27.7 Å². The molecule has 1 aromatic heterocycles. The lowest BCUT2D eigenvalue weighted by molar-refractivity contribution is 0.650. The first kappa shape index (κ1) is 12.1. The van der Waals surface area contributed by atoms with E-state index >= 15 is 0 Å². The van der Waals surface area contributed by atoms with E-state index in [2.05, 4.69) is 9.50 Å². The van der Waals surface area contributed by atoms with Crippen LogP contribution in [0, 0.1) is 0 Å². The van der Waals surface area contributed by atoms with E-state index in [4.69, 9.17) is 0 Å². The highest BCUT2D eigenvalue weighted by Gasteiger charge is 2.19. The van der Waals surface area contributed by atoms with Crippen LogP contribution in [-0.4, -0.2) is 24.4 Å². The predicted molar refractivity (Wildman–Crippen MR) is 63.3 cm³/mol. The van der Waals surface area contributed by atoms with Crippen LogP contribution in [0.3, 0.4) is 0 Å². The number of rotatable bonds is 2. The third kappa shape index (κ3) is 3.27. The Bertz CT molecular complexity index is 401. The summed E-state index contributed by atoms with van der Waals surface area (Å²) in [4.78, 5) is 0. The Hall–Kier alpha value is -0.970. The molecule has 0 fully saturated rings. The molecular weight excluding hydrogens is 210 g/mol. The lowest BCUT2D eigenvalue weighted by Crippen LogP contribution is -2.20. The zero-order chi connectivity index (χ0) is 11.6. The van der Waals surface area contributed by atoms with Crippen LogP contribution >= 0.6 is 0 Å². The summed E-state index contributed by atoms with van der Waals surface area (Å²) in [6.07, 6.45) is 3.58. The number of hydrogen-bond acceptors (Lipinski definition) is 2. The average Bonchev–Trinajstić information content (AvgIpc) is 2.50. The fraction of sp³-hybridized carbons (Fsp3) is 0.600. The van der Waals surface area contributed by atoms with Crippen LogP contribution < -0.4 is 0 Å². The lowest BCUT2D eigenvalue weighted by atomic mass is 10.2. The van der Waals surface area contributed by atoms with Gasteiger partial charge in [-0.2, -0.15) is 9.50 Å². The van der Waals surface area contributed by atoms with Gasteiger partial charge in [0.05, 0.1) is 16.7 Å². The van der Waals surface area contributed by atoms with Crippen LogP contribution in [0.4, 0.5) is 0 Å². The maximum absolute atomic E-state index is 11.8. The van der Waals surface area contributed by atoms with Crippen molar-refractivity contribution in [2.75, 3.05) is 0 Å². The average molecular weight is 227 g/mol. The van der Waals surface area contributed by atoms with Crippen molar-refractivity contribution in [3.05, 3.63) is 18.0 Å².